The summed E-state index contributed by atoms with van der Waals surface area (Å²) in [5, 5.41) is 0.385. The van der Waals surface area contributed by atoms with Gasteiger partial charge in [-0.05, 0) is 18.2 Å². The molecular formula is C12H13Cl2NO5S2. The molecular weight excluding hydrogens is 373 g/mol. The SMILES string of the molecule is O=S1(=O)CC2OCCN(S(=O)(=O)c3ccc(Cl)c(Cl)c3)C2C1. The highest BCUT2D eigenvalue weighted by Crippen LogP contribution is 2.32. The predicted molar refractivity (Wildman–Crippen MR) is 82.5 cm³/mol. The topological polar surface area (TPSA) is 80.8 Å². The largest absolute Gasteiger partial charge is 0.374 e. The highest BCUT2D eigenvalue weighted by Gasteiger charge is 2.48. The summed E-state index contributed by atoms with van der Waals surface area (Å²) < 4.78 is 55.7. The van der Waals surface area contributed by atoms with Crippen LogP contribution in [0.3, 0.4) is 0 Å². The van der Waals surface area contributed by atoms with Crippen LogP contribution in [0.4, 0.5) is 0 Å². The highest BCUT2D eigenvalue weighted by molar-refractivity contribution is 7.92. The van der Waals surface area contributed by atoms with E-state index in [0.717, 1.165) is 0 Å². The Morgan fingerprint density at radius 1 is 1.18 bits per heavy atom. The monoisotopic (exact) mass is 385 g/mol. The Balaban J connectivity index is 1.99. The minimum absolute atomic E-state index is 0.00755. The second-order valence-corrected chi connectivity index (χ2v) is 10.1. The summed E-state index contributed by atoms with van der Waals surface area (Å²) in [6.07, 6.45) is -0.615. The Morgan fingerprint density at radius 2 is 1.91 bits per heavy atom. The Hall–Kier alpha value is -0.380. The maximum absolute atomic E-state index is 12.8. The maximum Gasteiger partial charge on any atom is 0.243 e. The van der Waals surface area contributed by atoms with Crippen LogP contribution in [0.25, 0.3) is 0 Å². The minimum Gasteiger partial charge on any atom is -0.374 e. The van der Waals surface area contributed by atoms with Crippen LogP contribution in [0.1, 0.15) is 0 Å². The van der Waals surface area contributed by atoms with E-state index in [1.54, 1.807) is 0 Å². The van der Waals surface area contributed by atoms with E-state index in [4.69, 9.17) is 27.9 Å². The van der Waals surface area contributed by atoms with E-state index in [1.807, 2.05) is 0 Å². The average Bonchev–Trinajstić information content (AvgIpc) is 2.74. The van der Waals surface area contributed by atoms with Gasteiger partial charge in [0.1, 0.15) is 0 Å². The zero-order valence-electron chi connectivity index (χ0n) is 11.3. The number of benzene rings is 1. The molecule has 3 rings (SSSR count). The normalized spacial score (nSPS) is 28.5. The van der Waals surface area contributed by atoms with Crippen molar-refractivity contribution in [2.24, 2.45) is 0 Å². The van der Waals surface area contributed by atoms with Crippen LogP contribution >= 0.6 is 23.2 Å². The third kappa shape index (κ3) is 2.88. The van der Waals surface area contributed by atoms with Gasteiger partial charge in [-0.3, -0.25) is 0 Å². The van der Waals surface area contributed by atoms with E-state index < -0.39 is 32.0 Å². The van der Waals surface area contributed by atoms with Gasteiger partial charge in [-0.1, -0.05) is 23.2 Å². The number of morpholine rings is 1. The zero-order chi connectivity index (χ0) is 16.1. The second kappa shape index (κ2) is 5.61. The van der Waals surface area contributed by atoms with Gasteiger partial charge in [0.2, 0.25) is 10.0 Å². The van der Waals surface area contributed by atoms with Crippen molar-refractivity contribution in [3.05, 3.63) is 28.2 Å². The molecule has 0 N–H and O–H groups in total. The summed E-state index contributed by atoms with van der Waals surface area (Å²) in [6, 6.07) is 3.34. The van der Waals surface area contributed by atoms with E-state index in [9.17, 15) is 16.8 Å². The lowest BCUT2D eigenvalue weighted by Crippen LogP contribution is -2.53. The van der Waals surface area contributed by atoms with Crippen molar-refractivity contribution in [1.82, 2.24) is 4.31 Å². The lowest BCUT2D eigenvalue weighted by Gasteiger charge is -2.35. The summed E-state index contributed by atoms with van der Waals surface area (Å²) in [5.41, 5.74) is 0. The number of nitrogens with zero attached hydrogens (tertiary/aromatic N) is 1. The van der Waals surface area contributed by atoms with E-state index in [2.05, 4.69) is 0 Å². The minimum atomic E-state index is -3.86. The van der Waals surface area contributed by atoms with Gasteiger partial charge in [0.05, 0.1) is 45.2 Å². The molecule has 2 aliphatic heterocycles. The average molecular weight is 386 g/mol. The van der Waals surface area contributed by atoms with Crippen LogP contribution in [0.2, 0.25) is 10.0 Å². The van der Waals surface area contributed by atoms with Gasteiger partial charge in [0.25, 0.3) is 0 Å². The fourth-order valence-electron chi connectivity index (χ4n) is 2.76. The molecule has 10 heteroatoms. The Bertz CT molecular complexity index is 809. The number of ether oxygens (including phenoxy) is 1. The van der Waals surface area contributed by atoms with Crippen molar-refractivity contribution in [2.75, 3.05) is 24.7 Å². The first-order chi connectivity index (χ1) is 10.2. The van der Waals surface area contributed by atoms with E-state index >= 15 is 0 Å². The maximum atomic E-state index is 12.8. The van der Waals surface area contributed by atoms with Crippen molar-refractivity contribution in [3.8, 4) is 0 Å². The molecule has 2 unspecified atom stereocenters. The molecule has 2 aliphatic rings. The van der Waals surface area contributed by atoms with E-state index in [-0.39, 0.29) is 39.6 Å². The number of sulfonamides is 1. The Kier molecular flexibility index (Phi) is 4.20. The van der Waals surface area contributed by atoms with Gasteiger partial charge in [-0.25, -0.2) is 16.8 Å². The van der Waals surface area contributed by atoms with Crippen LogP contribution in [0, 0.1) is 0 Å². The fraction of sp³-hybridized carbons (Fsp3) is 0.500. The van der Waals surface area contributed by atoms with Gasteiger partial charge in [-0.2, -0.15) is 4.31 Å². The molecule has 0 aromatic heterocycles. The quantitative estimate of drug-likeness (QED) is 0.763. The number of rotatable bonds is 2. The van der Waals surface area contributed by atoms with E-state index in [1.165, 1.54) is 22.5 Å². The van der Waals surface area contributed by atoms with Crippen molar-refractivity contribution in [3.63, 3.8) is 0 Å². The molecule has 0 spiro atoms. The highest BCUT2D eigenvalue weighted by atomic mass is 35.5. The Morgan fingerprint density at radius 3 is 2.59 bits per heavy atom. The molecule has 1 aromatic rings. The lowest BCUT2D eigenvalue weighted by atomic mass is 10.2. The molecule has 0 amide bonds. The summed E-state index contributed by atoms with van der Waals surface area (Å²) in [7, 11) is -7.16. The molecule has 0 aliphatic carbocycles. The number of halogens is 2. The zero-order valence-corrected chi connectivity index (χ0v) is 14.4. The van der Waals surface area contributed by atoms with Gasteiger partial charge in [-0.15, -0.1) is 0 Å². The number of hydrogen-bond donors (Lipinski definition) is 0. The van der Waals surface area contributed by atoms with Crippen LogP contribution in [0.15, 0.2) is 23.1 Å². The van der Waals surface area contributed by atoms with Crippen LogP contribution in [-0.2, 0) is 24.6 Å². The van der Waals surface area contributed by atoms with Crippen LogP contribution in [0.5, 0.6) is 0 Å². The van der Waals surface area contributed by atoms with Crippen LogP contribution in [-0.4, -0.2) is 57.9 Å². The lowest BCUT2D eigenvalue weighted by molar-refractivity contribution is -0.0141. The third-order valence-corrected chi connectivity index (χ3v) is 8.13. The first-order valence-corrected chi connectivity index (χ1v) is 10.5. The number of sulfone groups is 1. The van der Waals surface area contributed by atoms with Crippen molar-refractivity contribution < 1.29 is 21.6 Å². The van der Waals surface area contributed by atoms with Crippen LogP contribution < -0.4 is 0 Å². The molecule has 0 bridgehead atoms. The van der Waals surface area contributed by atoms with Gasteiger partial charge < -0.3 is 4.74 Å². The molecule has 0 saturated carbocycles. The first kappa shape index (κ1) is 16.5. The smallest absolute Gasteiger partial charge is 0.243 e. The fourth-order valence-corrected chi connectivity index (χ4v) is 6.74. The second-order valence-electron chi connectivity index (χ2n) is 5.25. The van der Waals surface area contributed by atoms with Crippen molar-refractivity contribution in [2.45, 2.75) is 17.0 Å². The molecule has 2 saturated heterocycles. The molecule has 6 nitrogen and oxygen atoms in total. The molecule has 2 heterocycles. The van der Waals surface area contributed by atoms with E-state index in [0.29, 0.717) is 0 Å². The third-order valence-electron chi connectivity index (χ3n) is 3.78. The standard InChI is InChI=1S/C12H13Cl2NO5S2/c13-9-2-1-8(5-10(9)14)22(18,19)15-3-4-20-12-7-21(16,17)6-11(12)15/h1-2,5,11-12H,3-4,6-7H2. The summed E-state index contributed by atoms with van der Waals surface area (Å²) in [4.78, 5) is -0.00755. The molecule has 1 aromatic carbocycles. The number of hydrogen-bond acceptors (Lipinski definition) is 5. The molecule has 2 fully saturated rings. The van der Waals surface area contributed by atoms with Gasteiger partial charge >= 0.3 is 0 Å². The Labute approximate surface area is 138 Å². The van der Waals surface area contributed by atoms with Crippen molar-refractivity contribution in [1.29, 1.82) is 0 Å². The van der Waals surface area contributed by atoms with Gasteiger partial charge in [0, 0.05) is 6.54 Å². The summed E-state index contributed by atoms with van der Waals surface area (Å²) in [5.74, 6) is -0.372. The van der Waals surface area contributed by atoms with Crippen molar-refractivity contribution >= 4 is 43.1 Å². The summed E-state index contributed by atoms with van der Waals surface area (Å²) >= 11 is 11.7. The molecule has 2 atom stereocenters. The molecule has 0 radical (unpaired) electrons. The summed E-state index contributed by atoms with van der Waals surface area (Å²) in [6.45, 7) is 0.274. The molecule has 122 valence electrons. The predicted octanol–water partition coefficient (Wildman–Crippen LogP) is 1.18. The van der Waals surface area contributed by atoms with Gasteiger partial charge in [0.15, 0.2) is 9.84 Å². The molecule has 22 heavy (non-hydrogen) atoms. The first-order valence-electron chi connectivity index (χ1n) is 6.50. The number of fused-ring (bicyclic) bond motifs is 1.